The van der Waals surface area contributed by atoms with Gasteiger partial charge in [-0.15, -0.1) is 0 Å². The van der Waals surface area contributed by atoms with Crippen LogP contribution in [0.3, 0.4) is 0 Å². The van der Waals surface area contributed by atoms with Crippen molar-refractivity contribution in [2.24, 2.45) is 0 Å². The van der Waals surface area contributed by atoms with Crippen LogP contribution in [0.5, 0.6) is 0 Å². The van der Waals surface area contributed by atoms with Crippen molar-refractivity contribution in [1.82, 2.24) is 4.90 Å². The molecular weight excluding hydrogens is 240 g/mol. The lowest BCUT2D eigenvalue weighted by Gasteiger charge is -2.21. The molecule has 1 aromatic carbocycles. The smallest absolute Gasteiger partial charge is 0.253 e. The molecule has 0 radical (unpaired) electrons. The third-order valence-electron chi connectivity index (χ3n) is 3.10. The minimum absolute atomic E-state index is 0.0297. The number of rotatable bonds is 7. The number of benzene rings is 1. The summed E-state index contributed by atoms with van der Waals surface area (Å²) >= 11 is 0. The quantitative estimate of drug-likeness (QED) is 0.794. The number of nitrogens with zero attached hydrogens (tertiary/aromatic N) is 1. The van der Waals surface area contributed by atoms with Gasteiger partial charge in [-0.3, -0.25) is 4.79 Å². The number of hydrogen-bond donors (Lipinski definition) is 2. The highest BCUT2D eigenvalue weighted by molar-refractivity contribution is 5.94. The van der Waals surface area contributed by atoms with Crippen molar-refractivity contribution < 1.29 is 9.90 Å². The first-order chi connectivity index (χ1) is 9.13. The summed E-state index contributed by atoms with van der Waals surface area (Å²) in [5, 5.41) is 12.1. The Bertz CT molecular complexity index is 419. The van der Waals surface area contributed by atoms with E-state index in [1.807, 2.05) is 39.0 Å². The molecule has 0 bridgehead atoms. The van der Waals surface area contributed by atoms with Gasteiger partial charge in [-0.05, 0) is 51.0 Å². The summed E-state index contributed by atoms with van der Waals surface area (Å²) in [6, 6.07) is 5.73. The maximum absolute atomic E-state index is 12.3. The molecule has 0 unspecified atom stereocenters. The molecule has 0 saturated carbocycles. The van der Waals surface area contributed by atoms with Crippen LogP contribution in [0.25, 0.3) is 0 Å². The Morgan fingerprint density at radius 3 is 2.63 bits per heavy atom. The molecule has 19 heavy (non-hydrogen) atoms. The van der Waals surface area contributed by atoms with Crippen LogP contribution < -0.4 is 5.32 Å². The van der Waals surface area contributed by atoms with E-state index >= 15 is 0 Å². The second-order valence-electron chi connectivity index (χ2n) is 4.52. The number of hydrogen-bond acceptors (Lipinski definition) is 3. The van der Waals surface area contributed by atoms with E-state index in [0.29, 0.717) is 25.1 Å². The van der Waals surface area contributed by atoms with Crippen molar-refractivity contribution in [3.63, 3.8) is 0 Å². The van der Waals surface area contributed by atoms with Gasteiger partial charge in [0.15, 0.2) is 0 Å². The zero-order valence-corrected chi connectivity index (χ0v) is 12.1. The average Bonchev–Trinajstić information content (AvgIpc) is 2.42. The second-order valence-corrected chi connectivity index (χ2v) is 4.52. The molecule has 0 atom stereocenters. The third kappa shape index (κ3) is 4.24. The van der Waals surface area contributed by atoms with Crippen LogP contribution in [-0.4, -0.2) is 42.2 Å². The van der Waals surface area contributed by atoms with Gasteiger partial charge in [-0.25, -0.2) is 0 Å². The molecule has 0 heterocycles. The lowest BCUT2D eigenvalue weighted by Crippen LogP contribution is -2.32. The van der Waals surface area contributed by atoms with Gasteiger partial charge in [0.2, 0.25) is 0 Å². The zero-order chi connectivity index (χ0) is 14.3. The van der Waals surface area contributed by atoms with Gasteiger partial charge in [0.05, 0.1) is 0 Å². The van der Waals surface area contributed by atoms with Gasteiger partial charge in [0.1, 0.15) is 0 Å². The lowest BCUT2D eigenvalue weighted by atomic mass is 10.1. The summed E-state index contributed by atoms with van der Waals surface area (Å²) in [7, 11) is 0. The molecule has 1 amide bonds. The van der Waals surface area contributed by atoms with E-state index in [0.717, 1.165) is 17.8 Å². The molecule has 1 aromatic rings. The van der Waals surface area contributed by atoms with Crippen molar-refractivity contribution >= 4 is 11.6 Å². The van der Waals surface area contributed by atoms with Crippen LogP contribution >= 0.6 is 0 Å². The monoisotopic (exact) mass is 264 g/mol. The van der Waals surface area contributed by atoms with Crippen LogP contribution in [-0.2, 0) is 0 Å². The summed E-state index contributed by atoms with van der Waals surface area (Å²) in [6.07, 6.45) is 0.619. The first kappa shape index (κ1) is 15.5. The maximum atomic E-state index is 12.3. The highest BCUT2D eigenvalue weighted by Crippen LogP contribution is 2.17. The van der Waals surface area contributed by atoms with Crippen LogP contribution in [0, 0.1) is 6.92 Å². The molecule has 4 heteroatoms. The van der Waals surface area contributed by atoms with Crippen molar-refractivity contribution in [3.8, 4) is 0 Å². The van der Waals surface area contributed by atoms with E-state index in [-0.39, 0.29) is 12.5 Å². The van der Waals surface area contributed by atoms with E-state index in [9.17, 15) is 4.79 Å². The molecular formula is C15H24N2O2. The number of carbonyl (C=O) groups is 1. The Labute approximate surface area is 115 Å². The number of nitrogens with one attached hydrogen (secondary N) is 1. The molecule has 4 nitrogen and oxygen atoms in total. The van der Waals surface area contributed by atoms with Crippen LogP contribution in [0.1, 0.15) is 36.2 Å². The largest absolute Gasteiger partial charge is 0.396 e. The van der Waals surface area contributed by atoms with Crippen LogP contribution in [0.2, 0.25) is 0 Å². The fourth-order valence-corrected chi connectivity index (χ4v) is 2.03. The molecule has 0 aliphatic carbocycles. The minimum atomic E-state index is 0.0297. The second kappa shape index (κ2) is 7.79. The summed E-state index contributed by atoms with van der Waals surface area (Å²) in [6.45, 7) is 8.24. The molecule has 2 N–H and O–H groups in total. The molecule has 0 aromatic heterocycles. The minimum Gasteiger partial charge on any atom is -0.396 e. The maximum Gasteiger partial charge on any atom is 0.253 e. The number of anilines is 1. The van der Waals surface area contributed by atoms with Gasteiger partial charge >= 0.3 is 0 Å². The third-order valence-corrected chi connectivity index (χ3v) is 3.10. The molecule has 106 valence electrons. The average molecular weight is 264 g/mol. The summed E-state index contributed by atoms with van der Waals surface area (Å²) in [4.78, 5) is 14.1. The topological polar surface area (TPSA) is 52.6 Å². The van der Waals surface area contributed by atoms with Crippen molar-refractivity contribution in [2.75, 3.05) is 31.6 Å². The van der Waals surface area contributed by atoms with E-state index < -0.39 is 0 Å². The summed E-state index contributed by atoms with van der Waals surface area (Å²) < 4.78 is 0. The van der Waals surface area contributed by atoms with E-state index in [1.165, 1.54) is 0 Å². The summed E-state index contributed by atoms with van der Waals surface area (Å²) in [5.41, 5.74) is 2.85. The predicted molar refractivity (Wildman–Crippen MR) is 78.6 cm³/mol. The van der Waals surface area contributed by atoms with Crippen molar-refractivity contribution in [1.29, 1.82) is 0 Å². The fraction of sp³-hybridized carbons (Fsp3) is 0.533. The first-order valence-corrected chi connectivity index (χ1v) is 6.88. The zero-order valence-electron chi connectivity index (χ0n) is 12.1. The van der Waals surface area contributed by atoms with Crippen LogP contribution in [0.15, 0.2) is 18.2 Å². The number of carbonyl (C=O) groups excluding carboxylic acids is 1. The SMILES string of the molecule is CCNc1ccc(C(=O)N(CC)CCCO)cc1C. The Hall–Kier alpha value is -1.55. The normalized spacial score (nSPS) is 10.3. The number of aliphatic hydroxyl groups excluding tert-OH is 1. The highest BCUT2D eigenvalue weighted by Gasteiger charge is 2.14. The standard InChI is InChI=1S/C15H24N2O2/c1-4-16-14-8-7-13(11-12(14)3)15(19)17(5-2)9-6-10-18/h7-8,11,16,18H,4-6,9-10H2,1-3H3. The molecule has 0 fully saturated rings. The van der Waals surface area contributed by atoms with Gasteiger partial charge < -0.3 is 15.3 Å². The predicted octanol–water partition coefficient (Wildman–Crippen LogP) is 2.27. The van der Waals surface area contributed by atoms with Gasteiger partial charge in [-0.2, -0.15) is 0 Å². The number of amides is 1. The molecule has 0 saturated heterocycles. The van der Waals surface area contributed by atoms with Gasteiger partial charge in [0, 0.05) is 37.5 Å². The van der Waals surface area contributed by atoms with Gasteiger partial charge in [-0.1, -0.05) is 0 Å². The summed E-state index contributed by atoms with van der Waals surface area (Å²) in [5.74, 6) is 0.0297. The van der Waals surface area contributed by atoms with Gasteiger partial charge in [0.25, 0.3) is 5.91 Å². The molecule has 1 rings (SSSR count). The lowest BCUT2D eigenvalue weighted by molar-refractivity contribution is 0.0754. The first-order valence-electron chi connectivity index (χ1n) is 6.88. The van der Waals surface area contributed by atoms with Crippen molar-refractivity contribution in [2.45, 2.75) is 27.2 Å². The Kier molecular flexibility index (Phi) is 6.36. The number of aryl methyl sites for hydroxylation is 1. The Morgan fingerprint density at radius 2 is 2.11 bits per heavy atom. The fourth-order valence-electron chi connectivity index (χ4n) is 2.03. The van der Waals surface area contributed by atoms with E-state index in [1.54, 1.807) is 4.90 Å². The Balaban J connectivity index is 2.83. The number of aliphatic hydroxyl groups is 1. The Morgan fingerprint density at radius 1 is 1.37 bits per heavy atom. The van der Waals surface area contributed by atoms with E-state index in [2.05, 4.69) is 5.32 Å². The molecule has 0 spiro atoms. The molecule has 0 aliphatic heterocycles. The van der Waals surface area contributed by atoms with Crippen molar-refractivity contribution in [3.05, 3.63) is 29.3 Å². The molecule has 0 aliphatic rings. The highest BCUT2D eigenvalue weighted by atomic mass is 16.3. The van der Waals surface area contributed by atoms with Crippen LogP contribution in [0.4, 0.5) is 5.69 Å². The van der Waals surface area contributed by atoms with E-state index in [4.69, 9.17) is 5.11 Å².